The summed E-state index contributed by atoms with van der Waals surface area (Å²) in [6.45, 7) is 5.05. The SMILES string of the molecule is CC(C)c1ccccc1NC(=O)COC(=O)c1ccc(OC[C@H]2CCCO2)cc1. The zero-order valence-electron chi connectivity index (χ0n) is 16.9. The van der Waals surface area contributed by atoms with Crippen molar-refractivity contribution in [3.8, 4) is 5.75 Å². The van der Waals surface area contributed by atoms with Crippen molar-refractivity contribution in [1.29, 1.82) is 0 Å². The number of para-hydroxylation sites is 1. The maximum absolute atomic E-state index is 12.2. The Morgan fingerprint density at radius 1 is 1.14 bits per heavy atom. The van der Waals surface area contributed by atoms with Crippen LogP contribution in [-0.2, 0) is 14.3 Å². The minimum Gasteiger partial charge on any atom is -0.491 e. The molecule has 6 nitrogen and oxygen atoms in total. The third-order valence-corrected chi connectivity index (χ3v) is 4.74. The van der Waals surface area contributed by atoms with Crippen LogP contribution in [0.1, 0.15) is 48.5 Å². The average Bonchev–Trinajstić information content (AvgIpc) is 3.25. The summed E-state index contributed by atoms with van der Waals surface area (Å²) >= 11 is 0. The minimum atomic E-state index is -0.553. The van der Waals surface area contributed by atoms with Gasteiger partial charge in [-0.15, -0.1) is 0 Å². The van der Waals surface area contributed by atoms with Crippen LogP contribution < -0.4 is 10.1 Å². The van der Waals surface area contributed by atoms with Gasteiger partial charge in [-0.25, -0.2) is 4.79 Å². The van der Waals surface area contributed by atoms with E-state index in [1.54, 1.807) is 24.3 Å². The molecule has 2 aromatic carbocycles. The van der Waals surface area contributed by atoms with Crippen LogP contribution in [0.4, 0.5) is 5.69 Å². The van der Waals surface area contributed by atoms with Gasteiger partial charge in [0.1, 0.15) is 12.4 Å². The summed E-state index contributed by atoms with van der Waals surface area (Å²) in [5.41, 5.74) is 2.13. The number of anilines is 1. The largest absolute Gasteiger partial charge is 0.491 e. The molecule has 1 atom stereocenters. The van der Waals surface area contributed by atoms with E-state index in [0.29, 0.717) is 17.9 Å². The molecule has 6 heteroatoms. The van der Waals surface area contributed by atoms with Gasteiger partial charge in [-0.1, -0.05) is 32.0 Å². The summed E-state index contributed by atoms with van der Waals surface area (Å²) < 4.78 is 16.3. The van der Waals surface area contributed by atoms with Crippen molar-refractivity contribution in [2.45, 2.75) is 38.7 Å². The Balaban J connectivity index is 1.47. The lowest BCUT2D eigenvalue weighted by Crippen LogP contribution is -2.21. The van der Waals surface area contributed by atoms with Gasteiger partial charge in [0.05, 0.1) is 11.7 Å². The van der Waals surface area contributed by atoms with E-state index in [9.17, 15) is 9.59 Å². The summed E-state index contributed by atoms with van der Waals surface area (Å²) in [5.74, 6) is 0.0149. The Morgan fingerprint density at radius 2 is 1.90 bits per heavy atom. The Kier molecular flexibility index (Phi) is 7.25. The van der Waals surface area contributed by atoms with Crippen molar-refractivity contribution in [2.75, 3.05) is 25.1 Å². The Bertz CT molecular complexity index is 825. The molecule has 29 heavy (non-hydrogen) atoms. The summed E-state index contributed by atoms with van der Waals surface area (Å²) in [4.78, 5) is 24.4. The first-order chi connectivity index (χ1) is 14.0. The third-order valence-electron chi connectivity index (χ3n) is 4.74. The van der Waals surface area contributed by atoms with Gasteiger partial charge in [-0.3, -0.25) is 4.79 Å². The molecule has 2 aromatic rings. The second-order valence-electron chi connectivity index (χ2n) is 7.34. The molecule has 3 rings (SSSR count). The number of ether oxygens (including phenoxy) is 3. The lowest BCUT2D eigenvalue weighted by Gasteiger charge is -2.14. The van der Waals surface area contributed by atoms with Crippen molar-refractivity contribution in [3.63, 3.8) is 0 Å². The molecule has 1 amide bonds. The molecule has 154 valence electrons. The summed E-state index contributed by atoms with van der Waals surface area (Å²) in [6, 6.07) is 14.3. The first kappa shape index (κ1) is 20.9. The van der Waals surface area contributed by atoms with Crippen LogP contribution >= 0.6 is 0 Å². The first-order valence-corrected chi connectivity index (χ1v) is 9.93. The van der Waals surface area contributed by atoms with E-state index in [1.807, 2.05) is 24.3 Å². The molecule has 0 bridgehead atoms. The van der Waals surface area contributed by atoms with E-state index < -0.39 is 5.97 Å². The van der Waals surface area contributed by atoms with Crippen LogP contribution in [0, 0.1) is 0 Å². The first-order valence-electron chi connectivity index (χ1n) is 9.93. The number of rotatable bonds is 8. The Morgan fingerprint density at radius 3 is 2.59 bits per heavy atom. The number of nitrogens with one attached hydrogen (secondary N) is 1. The lowest BCUT2D eigenvalue weighted by atomic mass is 10.0. The smallest absolute Gasteiger partial charge is 0.338 e. The van der Waals surface area contributed by atoms with Crippen LogP contribution in [0.5, 0.6) is 5.75 Å². The van der Waals surface area contributed by atoms with Crippen LogP contribution in [0.15, 0.2) is 48.5 Å². The fourth-order valence-electron chi connectivity index (χ4n) is 3.17. The highest BCUT2D eigenvalue weighted by atomic mass is 16.5. The molecule has 1 heterocycles. The van der Waals surface area contributed by atoms with Gasteiger partial charge in [0.15, 0.2) is 6.61 Å². The van der Waals surface area contributed by atoms with E-state index in [4.69, 9.17) is 14.2 Å². The summed E-state index contributed by atoms with van der Waals surface area (Å²) in [6.07, 6.45) is 2.21. The molecule has 1 fully saturated rings. The van der Waals surface area contributed by atoms with E-state index in [2.05, 4.69) is 19.2 Å². The number of esters is 1. The van der Waals surface area contributed by atoms with Gasteiger partial charge in [-0.05, 0) is 54.7 Å². The van der Waals surface area contributed by atoms with Crippen LogP contribution in [0.25, 0.3) is 0 Å². The summed E-state index contributed by atoms with van der Waals surface area (Å²) in [5, 5.41) is 2.80. The highest BCUT2D eigenvalue weighted by Crippen LogP contribution is 2.23. The van der Waals surface area contributed by atoms with Crippen LogP contribution in [0.3, 0.4) is 0 Å². The van der Waals surface area contributed by atoms with Crippen LogP contribution in [-0.4, -0.2) is 37.8 Å². The molecule has 0 spiro atoms. The van der Waals surface area contributed by atoms with Gasteiger partial charge >= 0.3 is 5.97 Å². The number of carbonyl (C=O) groups excluding carboxylic acids is 2. The molecule has 0 saturated carbocycles. The molecular formula is C23H27NO5. The van der Waals surface area contributed by atoms with E-state index >= 15 is 0 Å². The second kappa shape index (κ2) is 10.1. The van der Waals surface area contributed by atoms with Crippen molar-refractivity contribution < 1.29 is 23.8 Å². The minimum absolute atomic E-state index is 0.138. The topological polar surface area (TPSA) is 73.9 Å². The third kappa shape index (κ3) is 6.06. The van der Waals surface area contributed by atoms with Gasteiger partial charge in [0.25, 0.3) is 5.91 Å². The predicted molar refractivity (Wildman–Crippen MR) is 110 cm³/mol. The van der Waals surface area contributed by atoms with Crippen molar-refractivity contribution >= 4 is 17.6 Å². The highest BCUT2D eigenvalue weighted by Gasteiger charge is 2.16. The lowest BCUT2D eigenvalue weighted by molar-refractivity contribution is -0.119. The number of carbonyl (C=O) groups is 2. The Hall–Kier alpha value is -2.86. The summed E-state index contributed by atoms with van der Waals surface area (Å²) in [7, 11) is 0. The van der Waals surface area contributed by atoms with Gasteiger partial charge in [0.2, 0.25) is 0 Å². The number of hydrogen-bond acceptors (Lipinski definition) is 5. The van der Waals surface area contributed by atoms with E-state index in [-0.39, 0.29) is 24.5 Å². The molecule has 1 aliphatic rings. The second-order valence-corrected chi connectivity index (χ2v) is 7.34. The monoisotopic (exact) mass is 397 g/mol. The fourth-order valence-corrected chi connectivity index (χ4v) is 3.17. The zero-order chi connectivity index (χ0) is 20.6. The van der Waals surface area contributed by atoms with Gasteiger partial charge < -0.3 is 19.5 Å². The van der Waals surface area contributed by atoms with Gasteiger partial charge in [0, 0.05) is 12.3 Å². The van der Waals surface area contributed by atoms with Crippen molar-refractivity contribution in [3.05, 3.63) is 59.7 Å². The molecule has 0 aliphatic carbocycles. The van der Waals surface area contributed by atoms with Crippen molar-refractivity contribution in [1.82, 2.24) is 0 Å². The molecule has 1 N–H and O–H groups in total. The maximum atomic E-state index is 12.2. The zero-order valence-corrected chi connectivity index (χ0v) is 16.9. The standard InChI is InChI=1S/C23H27NO5/c1-16(2)20-7-3-4-8-21(20)24-22(25)15-29-23(26)17-9-11-18(12-10-17)28-14-19-6-5-13-27-19/h3-4,7-12,16,19H,5-6,13-15H2,1-2H3,(H,24,25)/t19-/m1/s1. The highest BCUT2D eigenvalue weighted by molar-refractivity contribution is 5.96. The number of hydrogen-bond donors (Lipinski definition) is 1. The molecule has 1 aliphatic heterocycles. The molecule has 0 unspecified atom stereocenters. The number of benzene rings is 2. The molecule has 0 radical (unpaired) electrons. The van der Waals surface area contributed by atoms with Crippen molar-refractivity contribution in [2.24, 2.45) is 0 Å². The van der Waals surface area contributed by atoms with E-state index in [0.717, 1.165) is 30.7 Å². The number of amides is 1. The average molecular weight is 397 g/mol. The molecule has 0 aromatic heterocycles. The Labute approximate surface area is 171 Å². The molecule has 1 saturated heterocycles. The quantitative estimate of drug-likeness (QED) is 0.677. The van der Waals surface area contributed by atoms with Crippen LogP contribution in [0.2, 0.25) is 0 Å². The predicted octanol–water partition coefficient (Wildman–Crippen LogP) is 4.16. The normalized spacial score (nSPS) is 15.9. The van der Waals surface area contributed by atoms with E-state index in [1.165, 1.54) is 0 Å². The van der Waals surface area contributed by atoms with Gasteiger partial charge in [-0.2, -0.15) is 0 Å². The molecular weight excluding hydrogens is 370 g/mol. The maximum Gasteiger partial charge on any atom is 0.338 e. The fraction of sp³-hybridized carbons (Fsp3) is 0.391.